The smallest absolute Gasteiger partial charge is 0.123 e. The van der Waals surface area contributed by atoms with E-state index < -0.39 is 0 Å². The summed E-state index contributed by atoms with van der Waals surface area (Å²) in [5.41, 5.74) is 2.18. The predicted octanol–water partition coefficient (Wildman–Crippen LogP) is 2.74. The highest BCUT2D eigenvalue weighted by atomic mass is 16.5. The first-order valence-electron chi connectivity index (χ1n) is 5.98. The maximum atomic E-state index is 9.27. The molecular formula is C14H20N2O. The summed E-state index contributed by atoms with van der Waals surface area (Å²) in [6.45, 7) is 6.53. The Labute approximate surface area is 104 Å². The molecule has 0 aliphatic heterocycles. The van der Waals surface area contributed by atoms with Crippen LogP contribution >= 0.6 is 0 Å². The minimum absolute atomic E-state index is 0.151. The molecule has 1 rings (SSSR count). The first-order valence-corrected chi connectivity index (χ1v) is 5.98. The maximum Gasteiger partial charge on any atom is 0.123 e. The zero-order valence-corrected chi connectivity index (χ0v) is 10.8. The van der Waals surface area contributed by atoms with Crippen LogP contribution in [0.3, 0.4) is 0 Å². The zero-order chi connectivity index (χ0) is 12.7. The van der Waals surface area contributed by atoms with Crippen molar-refractivity contribution in [3.05, 3.63) is 35.4 Å². The molecule has 0 aromatic heterocycles. The maximum absolute atomic E-state index is 9.27. The molecular weight excluding hydrogens is 212 g/mol. The Hall–Kier alpha value is -1.37. The van der Waals surface area contributed by atoms with Crippen molar-refractivity contribution < 1.29 is 4.74 Å². The van der Waals surface area contributed by atoms with Gasteiger partial charge in [-0.2, -0.15) is 5.26 Å². The lowest BCUT2D eigenvalue weighted by Crippen LogP contribution is -2.27. The summed E-state index contributed by atoms with van der Waals surface area (Å²) < 4.78 is 5.07. The molecule has 1 aromatic carbocycles. The van der Waals surface area contributed by atoms with Gasteiger partial charge in [-0.3, -0.25) is 4.90 Å². The van der Waals surface area contributed by atoms with E-state index in [2.05, 4.69) is 24.8 Å². The fourth-order valence-electron chi connectivity index (χ4n) is 1.92. The van der Waals surface area contributed by atoms with E-state index in [0.29, 0.717) is 6.61 Å². The number of methoxy groups -OCH3 is 1. The zero-order valence-electron chi connectivity index (χ0n) is 10.8. The van der Waals surface area contributed by atoms with Crippen LogP contribution in [0.2, 0.25) is 0 Å². The number of nitriles is 1. The van der Waals surface area contributed by atoms with Crippen LogP contribution in [0.1, 0.15) is 31.0 Å². The average Bonchev–Trinajstić information content (AvgIpc) is 2.37. The van der Waals surface area contributed by atoms with Crippen molar-refractivity contribution in [3.8, 4) is 6.07 Å². The first-order chi connectivity index (χ1) is 8.26. The van der Waals surface area contributed by atoms with Crippen molar-refractivity contribution in [2.24, 2.45) is 0 Å². The molecule has 3 heteroatoms. The normalized spacial score (nSPS) is 12.4. The molecule has 0 bridgehead atoms. The summed E-state index contributed by atoms with van der Waals surface area (Å²) in [6.07, 6.45) is 0. The standard InChI is InChI=1S/C14H20N2O/c1-4-16(5-2)14(10-15)13-8-6-12(7-9-13)11-17-3/h6-9,14H,4-5,11H2,1-3H3. The largest absolute Gasteiger partial charge is 0.380 e. The lowest BCUT2D eigenvalue weighted by atomic mass is 10.0. The van der Waals surface area contributed by atoms with Gasteiger partial charge in [0.25, 0.3) is 0 Å². The lowest BCUT2D eigenvalue weighted by Gasteiger charge is -2.24. The molecule has 0 radical (unpaired) electrons. The molecule has 0 aliphatic rings. The van der Waals surface area contributed by atoms with Gasteiger partial charge in [0.2, 0.25) is 0 Å². The highest BCUT2D eigenvalue weighted by Gasteiger charge is 2.16. The van der Waals surface area contributed by atoms with Crippen molar-refractivity contribution in [2.75, 3.05) is 20.2 Å². The number of benzene rings is 1. The molecule has 0 heterocycles. The topological polar surface area (TPSA) is 36.3 Å². The lowest BCUT2D eigenvalue weighted by molar-refractivity contribution is 0.185. The molecule has 3 nitrogen and oxygen atoms in total. The molecule has 0 saturated heterocycles. The van der Waals surface area contributed by atoms with Crippen LogP contribution in [0.4, 0.5) is 0 Å². The molecule has 0 spiro atoms. The highest BCUT2D eigenvalue weighted by Crippen LogP contribution is 2.20. The van der Waals surface area contributed by atoms with Gasteiger partial charge in [-0.25, -0.2) is 0 Å². The summed E-state index contributed by atoms with van der Waals surface area (Å²) in [5.74, 6) is 0. The number of rotatable bonds is 6. The summed E-state index contributed by atoms with van der Waals surface area (Å²) in [4.78, 5) is 2.14. The third-order valence-corrected chi connectivity index (χ3v) is 2.91. The molecule has 92 valence electrons. The van der Waals surface area contributed by atoms with E-state index in [1.165, 1.54) is 0 Å². The van der Waals surface area contributed by atoms with Gasteiger partial charge < -0.3 is 4.74 Å². The van der Waals surface area contributed by atoms with Crippen molar-refractivity contribution in [2.45, 2.75) is 26.5 Å². The van der Waals surface area contributed by atoms with Crippen LogP contribution in [0.25, 0.3) is 0 Å². The second-order valence-electron chi connectivity index (χ2n) is 3.93. The molecule has 0 aliphatic carbocycles. The first kappa shape index (κ1) is 13.7. The molecule has 0 N–H and O–H groups in total. The average molecular weight is 232 g/mol. The Morgan fingerprint density at radius 2 is 1.82 bits per heavy atom. The van der Waals surface area contributed by atoms with E-state index in [1.54, 1.807) is 7.11 Å². The fraction of sp³-hybridized carbons (Fsp3) is 0.500. The van der Waals surface area contributed by atoms with Gasteiger partial charge in [-0.1, -0.05) is 38.1 Å². The van der Waals surface area contributed by atoms with Crippen molar-refractivity contribution >= 4 is 0 Å². The van der Waals surface area contributed by atoms with E-state index in [0.717, 1.165) is 24.2 Å². The fourth-order valence-corrected chi connectivity index (χ4v) is 1.92. The van der Waals surface area contributed by atoms with E-state index in [9.17, 15) is 5.26 Å². The number of hydrogen-bond acceptors (Lipinski definition) is 3. The van der Waals surface area contributed by atoms with E-state index >= 15 is 0 Å². The minimum Gasteiger partial charge on any atom is -0.380 e. The Bertz CT molecular complexity index is 363. The van der Waals surface area contributed by atoms with E-state index in [-0.39, 0.29) is 6.04 Å². The minimum atomic E-state index is -0.151. The van der Waals surface area contributed by atoms with Gasteiger partial charge in [-0.15, -0.1) is 0 Å². The third kappa shape index (κ3) is 3.55. The van der Waals surface area contributed by atoms with E-state index in [1.807, 2.05) is 24.3 Å². The van der Waals surface area contributed by atoms with Crippen LogP contribution in [0.5, 0.6) is 0 Å². The number of hydrogen-bond donors (Lipinski definition) is 0. The summed E-state index contributed by atoms with van der Waals surface area (Å²) >= 11 is 0. The Balaban J connectivity index is 2.86. The van der Waals surface area contributed by atoms with Crippen LogP contribution in [-0.4, -0.2) is 25.1 Å². The van der Waals surface area contributed by atoms with Gasteiger partial charge in [0.1, 0.15) is 6.04 Å². The van der Waals surface area contributed by atoms with Gasteiger partial charge in [0.05, 0.1) is 12.7 Å². The van der Waals surface area contributed by atoms with Gasteiger partial charge >= 0.3 is 0 Å². The van der Waals surface area contributed by atoms with Crippen LogP contribution in [-0.2, 0) is 11.3 Å². The molecule has 1 atom stereocenters. The molecule has 0 saturated carbocycles. The van der Waals surface area contributed by atoms with Crippen LogP contribution in [0.15, 0.2) is 24.3 Å². The summed E-state index contributed by atoms with van der Waals surface area (Å²) in [6, 6.07) is 10.3. The highest BCUT2D eigenvalue weighted by molar-refractivity contribution is 5.28. The molecule has 0 fully saturated rings. The Morgan fingerprint density at radius 3 is 2.24 bits per heavy atom. The molecule has 17 heavy (non-hydrogen) atoms. The second-order valence-corrected chi connectivity index (χ2v) is 3.93. The summed E-state index contributed by atoms with van der Waals surface area (Å²) in [7, 11) is 1.68. The quantitative estimate of drug-likeness (QED) is 0.756. The third-order valence-electron chi connectivity index (χ3n) is 2.91. The SMILES string of the molecule is CCN(CC)C(C#N)c1ccc(COC)cc1. The monoisotopic (exact) mass is 232 g/mol. The van der Waals surface area contributed by atoms with Crippen LogP contribution in [0, 0.1) is 11.3 Å². The Morgan fingerprint density at radius 1 is 1.24 bits per heavy atom. The molecule has 1 aromatic rings. The number of ether oxygens (including phenoxy) is 1. The van der Waals surface area contributed by atoms with Gasteiger partial charge in [0, 0.05) is 7.11 Å². The van der Waals surface area contributed by atoms with Gasteiger partial charge in [-0.05, 0) is 24.2 Å². The predicted molar refractivity (Wildman–Crippen MR) is 68.4 cm³/mol. The Kier molecular flexibility index (Phi) is 5.68. The molecule has 0 amide bonds. The van der Waals surface area contributed by atoms with Crippen molar-refractivity contribution in [3.63, 3.8) is 0 Å². The van der Waals surface area contributed by atoms with Crippen LogP contribution < -0.4 is 0 Å². The van der Waals surface area contributed by atoms with Gasteiger partial charge in [0.15, 0.2) is 0 Å². The second kappa shape index (κ2) is 7.05. The van der Waals surface area contributed by atoms with E-state index in [4.69, 9.17) is 4.74 Å². The van der Waals surface area contributed by atoms with Crippen molar-refractivity contribution in [1.82, 2.24) is 4.90 Å². The summed E-state index contributed by atoms with van der Waals surface area (Å²) in [5, 5.41) is 9.27. The number of nitrogens with zero attached hydrogens (tertiary/aromatic N) is 2. The molecule has 1 unspecified atom stereocenters. The van der Waals surface area contributed by atoms with Crippen molar-refractivity contribution in [1.29, 1.82) is 5.26 Å².